The first-order valence-electron chi connectivity index (χ1n) is 7.40. The van der Waals surface area contributed by atoms with E-state index in [1.165, 1.54) is 0 Å². The van der Waals surface area contributed by atoms with Gasteiger partial charge in [-0.25, -0.2) is 4.98 Å². The molecule has 0 spiro atoms. The molecule has 0 bridgehead atoms. The van der Waals surface area contributed by atoms with Gasteiger partial charge in [-0.3, -0.25) is 9.36 Å². The number of nitrogens with one attached hydrogen (secondary N) is 1. The zero-order valence-corrected chi connectivity index (χ0v) is 13.8. The molecular formula is C16H18BrN3O2. The molecule has 5 nitrogen and oxygen atoms in total. The zero-order chi connectivity index (χ0) is 15.4. The van der Waals surface area contributed by atoms with Gasteiger partial charge in [-0.05, 0) is 47.4 Å². The van der Waals surface area contributed by atoms with Crippen LogP contribution in [0.25, 0.3) is 0 Å². The van der Waals surface area contributed by atoms with E-state index in [-0.39, 0.29) is 11.6 Å². The van der Waals surface area contributed by atoms with Crippen LogP contribution in [0, 0.1) is 0 Å². The molecule has 0 aliphatic carbocycles. The van der Waals surface area contributed by atoms with Gasteiger partial charge in [-0.2, -0.15) is 0 Å². The molecule has 1 aliphatic rings. The van der Waals surface area contributed by atoms with E-state index in [4.69, 9.17) is 4.74 Å². The standard InChI is InChI=1S/C16H18BrN3O2/c17-14-15(22-10-12-4-2-1-3-5-12)19-11-20(16(14)21)13-6-8-18-9-7-13/h1-5,11,13,18H,6-10H2. The Bertz CT molecular complexity index is 682. The molecule has 0 saturated carbocycles. The lowest BCUT2D eigenvalue weighted by atomic mass is 10.1. The molecule has 116 valence electrons. The molecular weight excluding hydrogens is 346 g/mol. The van der Waals surface area contributed by atoms with E-state index in [2.05, 4.69) is 26.2 Å². The van der Waals surface area contributed by atoms with Gasteiger partial charge in [0, 0.05) is 6.04 Å². The number of rotatable bonds is 4. The summed E-state index contributed by atoms with van der Waals surface area (Å²) in [5.74, 6) is 0.346. The van der Waals surface area contributed by atoms with Crippen LogP contribution in [0.15, 0.2) is 45.9 Å². The third-order valence-electron chi connectivity index (χ3n) is 3.83. The topological polar surface area (TPSA) is 56.1 Å². The molecule has 1 aliphatic heterocycles. The van der Waals surface area contributed by atoms with Gasteiger partial charge in [0.15, 0.2) is 0 Å². The summed E-state index contributed by atoms with van der Waals surface area (Å²) in [5, 5.41) is 3.30. The van der Waals surface area contributed by atoms with E-state index in [9.17, 15) is 4.79 Å². The number of hydrogen-bond donors (Lipinski definition) is 1. The van der Waals surface area contributed by atoms with Crippen molar-refractivity contribution in [2.75, 3.05) is 13.1 Å². The summed E-state index contributed by atoms with van der Waals surface area (Å²) in [6.45, 7) is 2.26. The molecule has 1 aromatic carbocycles. The molecule has 3 rings (SSSR count). The van der Waals surface area contributed by atoms with Crippen molar-refractivity contribution in [1.29, 1.82) is 0 Å². The van der Waals surface area contributed by atoms with Crippen LogP contribution in [0.3, 0.4) is 0 Å². The SMILES string of the molecule is O=c1c(Br)c(OCc2ccccc2)ncn1C1CCNCC1. The van der Waals surface area contributed by atoms with Crippen LogP contribution in [0.5, 0.6) is 5.88 Å². The van der Waals surface area contributed by atoms with Gasteiger partial charge in [-0.15, -0.1) is 0 Å². The van der Waals surface area contributed by atoms with Gasteiger partial charge in [0.05, 0.1) is 0 Å². The summed E-state index contributed by atoms with van der Waals surface area (Å²) in [4.78, 5) is 16.8. The number of ether oxygens (including phenoxy) is 1. The van der Waals surface area contributed by atoms with Crippen LogP contribution < -0.4 is 15.6 Å². The highest BCUT2D eigenvalue weighted by molar-refractivity contribution is 9.10. The van der Waals surface area contributed by atoms with Crippen LogP contribution >= 0.6 is 15.9 Å². The lowest BCUT2D eigenvalue weighted by Gasteiger charge is -2.24. The van der Waals surface area contributed by atoms with Crippen LogP contribution in [0.4, 0.5) is 0 Å². The first-order chi connectivity index (χ1) is 10.8. The first kappa shape index (κ1) is 15.2. The smallest absolute Gasteiger partial charge is 0.271 e. The quantitative estimate of drug-likeness (QED) is 0.906. The molecule has 0 unspecified atom stereocenters. The van der Waals surface area contributed by atoms with E-state index in [1.54, 1.807) is 10.9 Å². The summed E-state index contributed by atoms with van der Waals surface area (Å²) >= 11 is 3.33. The third-order valence-corrected chi connectivity index (χ3v) is 4.51. The van der Waals surface area contributed by atoms with Crippen molar-refractivity contribution in [3.05, 3.63) is 57.0 Å². The molecule has 2 aromatic rings. The fourth-order valence-corrected chi connectivity index (χ4v) is 3.02. The Kier molecular flexibility index (Phi) is 4.90. The monoisotopic (exact) mass is 363 g/mol. The largest absolute Gasteiger partial charge is 0.472 e. The second-order valence-electron chi connectivity index (χ2n) is 5.33. The van der Waals surface area contributed by atoms with Gasteiger partial charge in [0.1, 0.15) is 17.4 Å². The van der Waals surface area contributed by atoms with Crippen molar-refractivity contribution in [3.8, 4) is 5.88 Å². The number of aromatic nitrogens is 2. The minimum atomic E-state index is -0.0787. The van der Waals surface area contributed by atoms with Crippen LogP contribution in [0.1, 0.15) is 24.4 Å². The Hall–Kier alpha value is -1.66. The fraction of sp³-hybridized carbons (Fsp3) is 0.375. The average molecular weight is 364 g/mol. The maximum absolute atomic E-state index is 12.5. The number of benzene rings is 1. The summed E-state index contributed by atoms with van der Waals surface area (Å²) in [5.41, 5.74) is 0.962. The zero-order valence-electron chi connectivity index (χ0n) is 12.2. The maximum Gasteiger partial charge on any atom is 0.271 e. The Morgan fingerprint density at radius 3 is 2.73 bits per heavy atom. The van der Waals surface area contributed by atoms with E-state index in [1.807, 2.05) is 30.3 Å². The van der Waals surface area contributed by atoms with Gasteiger partial charge >= 0.3 is 0 Å². The Morgan fingerprint density at radius 2 is 2.00 bits per heavy atom. The van der Waals surface area contributed by atoms with Crippen molar-refractivity contribution in [3.63, 3.8) is 0 Å². The van der Waals surface area contributed by atoms with Crippen LogP contribution in [-0.2, 0) is 6.61 Å². The van der Waals surface area contributed by atoms with E-state index >= 15 is 0 Å². The van der Waals surface area contributed by atoms with E-state index in [0.717, 1.165) is 31.5 Å². The van der Waals surface area contributed by atoms with Crippen LogP contribution in [-0.4, -0.2) is 22.6 Å². The third kappa shape index (κ3) is 3.39. The molecule has 0 amide bonds. The Morgan fingerprint density at radius 1 is 1.27 bits per heavy atom. The molecule has 1 aromatic heterocycles. The molecule has 1 fully saturated rings. The fourth-order valence-electron chi connectivity index (χ4n) is 2.60. The van der Waals surface area contributed by atoms with Gasteiger partial charge in [0.25, 0.3) is 5.56 Å². The van der Waals surface area contributed by atoms with Gasteiger partial charge < -0.3 is 10.1 Å². The number of nitrogens with zero attached hydrogens (tertiary/aromatic N) is 2. The average Bonchev–Trinajstić information content (AvgIpc) is 2.58. The highest BCUT2D eigenvalue weighted by atomic mass is 79.9. The van der Waals surface area contributed by atoms with E-state index in [0.29, 0.717) is 17.0 Å². The minimum Gasteiger partial charge on any atom is -0.472 e. The van der Waals surface area contributed by atoms with Gasteiger partial charge in [0.2, 0.25) is 5.88 Å². The molecule has 6 heteroatoms. The molecule has 2 heterocycles. The van der Waals surface area contributed by atoms with E-state index < -0.39 is 0 Å². The Labute approximate surface area is 137 Å². The van der Waals surface area contributed by atoms with Crippen molar-refractivity contribution in [1.82, 2.24) is 14.9 Å². The summed E-state index contributed by atoms with van der Waals surface area (Å²) in [6.07, 6.45) is 3.49. The lowest BCUT2D eigenvalue weighted by Crippen LogP contribution is -2.34. The normalized spacial score (nSPS) is 15.7. The van der Waals surface area contributed by atoms with Crippen molar-refractivity contribution in [2.24, 2.45) is 0 Å². The molecule has 0 atom stereocenters. The second kappa shape index (κ2) is 7.07. The molecule has 1 N–H and O–H groups in total. The number of hydrogen-bond acceptors (Lipinski definition) is 4. The number of piperidine rings is 1. The predicted octanol–water partition coefficient (Wildman–Crippen LogP) is 2.51. The summed E-state index contributed by atoms with van der Waals surface area (Å²) < 4.78 is 7.76. The summed E-state index contributed by atoms with van der Waals surface area (Å²) in [6, 6.07) is 10.0. The lowest BCUT2D eigenvalue weighted by molar-refractivity contribution is 0.285. The molecule has 1 saturated heterocycles. The van der Waals surface area contributed by atoms with Crippen molar-refractivity contribution in [2.45, 2.75) is 25.5 Å². The predicted molar refractivity (Wildman–Crippen MR) is 88.1 cm³/mol. The molecule has 0 radical (unpaired) electrons. The molecule has 22 heavy (non-hydrogen) atoms. The maximum atomic E-state index is 12.5. The number of halogens is 1. The highest BCUT2D eigenvalue weighted by Crippen LogP contribution is 2.22. The minimum absolute atomic E-state index is 0.0787. The van der Waals surface area contributed by atoms with Crippen LogP contribution in [0.2, 0.25) is 0 Å². The van der Waals surface area contributed by atoms with Crippen molar-refractivity contribution >= 4 is 15.9 Å². The highest BCUT2D eigenvalue weighted by Gasteiger charge is 2.19. The second-order valence-corrected chi connectivity index (χ2v) is 6.12. The van der Waals surface area contributed by atoms with Gasteiger partial charge in [-0.1, -0.05) is 30.3 Å². The Balaban J connectivity index is 1.76. The first-order valence-corrected chi connectivity index (χ1v) is 8.19. The summed E-state index contributed by atoms with van der Waals surface area (Å²) in [7, 11) is 0. The van der Waals surface area contributed by atoms with Crippen molar-refractivity contribution < 1.29 is 4.74 Å².